The molecule has 88 valence electrons. The second kappa shape index (κ2) is 5.00. The highest BCUT2D eigenvalue weighted by molar-refractivity contribution is 5.85. The fraction of sp³-hybridized carbons (Fsp3) is 0.923. The molecule has 1 saturated carbocycles. The van der Waals surface area contributed by atoms with Crippen LogP contribution in [0.25, 0.3) is 0 Å². The van der Waals surface area contributed by atoms with E-state index in [4.69, 9.17) is 5.73 Å². The van der Waals surface area contributed by atoms with Crippen molar-refractivity contribution in [3.63, 3.8) is 0 Å². The van der Waals surface area contributed by atoms with Crippen LogP contribution in [0.2, 0.25) is 0 Å². The minimum Gasteiger partial charge on any atom is -0.387 e. The number of rotatable bonds is 2. The summed E-state index contributed by atoms with van der Waals surface area (Å²) in [5.41, 5.74) is 5.98. The highest BCUT2D eigenvalue weighted by atomic mass is 14.9. The van der Waals surface area contributed by atoms with Gasteiger partial charge in [0.2, 0.25) is 0 Å². The average Bonchev–Trinajstić information content (AvgIpc) is 2.12. The minimum atomic E-state index is 0.0281. The van der Waals surface area contributed by atoms with Gasteiger partial charge in [-0.1, -0.05) is 40.5 Å². The van der Waals surface area contributed by atoms with Gasteiger partial charge in [-0.15, -0.1) is 0 Å². The van der Waals surface area contributed by atoms with Crippen LogP contribution < -0.4 is 5.73 Å². The van der Waals surface area contributed by atoms with Crippen molar-refractivity contribution in [1.82, 2.24) is 0 Å². The first-order valence-corrected chi connectivity index (χ1v) is 6.20. The summed E-state index contributed by atoms with van der Waals surface area (Å²) in [6, 6.07) is 0. The van der Waals surface area contributed by atoms with E-state index >= 15 is 0 Å². The molecule has 0 aromatic rings. The Morgan fingerprint density at radius 2 is 2.00 bits per heavy atom. The summed E-state index contributed by atoms with van der Waals surface area (Å²) < 4.78 is 0. The van der Waals surface area contributed by atoms with Crippen molar-refractivity contribution >= 4 is 5.84 Å². The molecule has 1 rings (SSSR count). The van der Waals surface area contributed by atoms with Crippen LogP contribution in [0.5, 0.6) is 0 Å². The van der Waals surface area contributed by atoms with Crippen molar-refractivity contribution in [3.8, 4) is 0 Å². The lowest BCUT2D eigenvalue weighted by atomic mass is 9.82. The predicted molar refractivity (Wildman–Crippen MR) is 67.1 cm³/mol. The Morgan fingerprint density at radius 3 is 2.53 bits per heavy atom. The van der Waals surface area contributed by atoms with Crippen molar-refractivity contribution in [2.45, 2.75) is 53.4 Å². The third kappa shape index (κ3) is 4.23. The largest absolute Gasteiger partial charge is 0.387 e. The van der Waals surface area contributed by atoms with Crippen LogP contribution in [-0.4, -0.2) is 12.4 Å². The zero-order chi connectivity index (χ0) is 11.5. The van der Waals surface area contributed by atoms with Gasteiger partial charge in [-0.25, -0.2) is 0 Å². The molecule has 0 aromatic heterocycles. The first-order valence-electron chi connectivity index (χ1n) is 6.20. The van der Waals surface area contributed by atoms with Crippen molar-refractivity contribution in [1.29, 1.82) is 0 Å². The predicted octanol–water partition coefficient (Wildman–Crippen LogP) is 3.22. The van der Waals surface area contributed by atoms with E-state index < -0.39 is 0 Å². The third-order valence-electron chi connectivity index (χ3n) is 3.33. The molecule has 1 aliphatic carbocycles. The molecule has 1 aliphatic rings. The highest BCUT2D eigenvalue weighted by Crippen LogP contribution is 2.28. The van der Waals surface area contributed by atoms with E-state index in [1.807, 2.05) is 0 Å². The normalized spacial score (nSPS) is 29.2. The molecule has 0 aliphatic heterocycles. The molecule has 2 heteroatoms. The molecule has 0 aromatic carbocycles. The van der Waals surface area contributed by atoms with E-state index in [2.05, 4.69) is 32.7 Å². The van der Waals surface area contributed by atoms with E-state index in [1.165, 1.54) is 25.7 Å². The fourth-order valence-electron chi connectivity index (χ4n) is 2.19. The van der Waals surface area contributed by atoms with Crippen molar-refractivity contribution in [2.75, 3.05) is 6.54 Å². The molecule has 2 N–H and O–H groups in total. The molecule has 15 heavy (non-hydrogen) atoms. The number of aliphatic imine (C=N–C) groups is 1. The van der Waals surface area contributed by atoms with Gasteiger partial charge in [-0.3, -0.25) is 4.99 Å². The Labute approximate surface area is 94.3 Å². The van der Waals surface area contributed by atoms with E-state index in [0.717, 1.165) is 24.2 Å². The van der Waals surface area contributed by atoms with Crippen LogP contribution >= 0.6 is 0 Å². The van der Waals surface area contributed by atoms with Crippen LogP contribution in [-0.2, 0) is 0 Å². The smallest absolute Gasteiger partial charge is 0.0991 e. The summed E-state index contributed by atoms with van der Waals surface area (Å²) in [5, 5.41) is 0. The maximum absolute atomic E-state index is 5.95. The maximum atomic E-state index is 5.95. The Kier molecular flexibility index (Phi) is 4.18. The van der Waals surface area contributed by atoms with Gasteiger partial charge in [-0.2, -0.15) is 0 Å². The Bertz CT molecular complexity index is 225. The molecule has 0 saturated heterocycles. The molecule has 0 spiro atoms. The summed E-state index contributed by atoms with van der Waals surface area (Å²) in [7, 11) is 0. The van der Waals surface area contributed by atoms with E-state index in [1.54, 1.807) is 0 Å². The van der Waals surface area contributed by atoms with Gasteiger partial charge >= 0.3 is 0 Å². The monoisotopic (exact) mass is 210 g/mol. The molecule has 0 radical (unpaired) electrons. The molecule has 0 amide bonds. The van der Waals surface area contributed by atoms with E-state index in [9.17, 15) is 0 Å². The summed E-state index contributed by atoms with van der Waals surface area (Å²) in [4.78, 5) is 4.55. The first-order chi connectivity index (χ1) is 6.89. The lowest BCUT2D eigenvalue weighted by Gasteiger charge is -2.26. The van der Waals surface area contributed by atoms with Gasteiger partial charge in [-0.05, 0) is 24.7 Å². The standard InChI is InChI=1S/C13H26N2/c1-10-6-5-7-11(8-10)9-15-12(14)13(2,3)4/h10-11H,5-9H2,1-4H3,(H2,14,15). The van der Waals surface area contributed by atoms with Gasteiger partial charge in [0.25, 0.3) is 0 Å². The summed E-state index contributed by atoms with van der Waals surface area (Å²) in [6.07, 6.45) is 5.44. The van der Waals surface area contributed by atoms with Gasteiger partial charge < -0.3 is 5.73 Å². The minimum absolute atomic E-state index is 0.0281. The number of hydrogen-bond acceptors (Lipinski definition) is 1. The topological polar surface area (TPSA) is 38.4 Å². The average molecular weight is 210 g/mol. The number of amidine groups is 1. The number of hydrogen-bond donors (Lipinski definition) is 1. The molecule has 2 nitrogen and oxygen atoms in total. The molecular weight excluding hydrogens is 184 g/mol. The van der Waals surface area contributed by atoms with Crippen LogP contribution in [0.1, 0.15) is 53.4 Å². The lowest BCUT2D eigenvalue weighted by molar-refractivity contribution is 0.288. The second-order valence-electron chi connectivity index (χ2n) is 6.11. The zero-order valence-corrected chi connectivity index (χ0v) is 10.7. The van der Waals surface area contributed by atoms with Gasteiger partial charge in [0.15, 0.2) is 0 Å². The highest BCUT2D eigenvalue weighted by Gasteiger charge is 2.20. The first kappa shape index (κ1) is 12.5. The molecule has 1 fully saturated rings. The Morgan fingerprint density at radius 1 is 1.33 bits per heavy atom. The quantitative estimate of drug-likeness (QED) is 0.551. The van der Waals surface area contributed by atoms with E-state index in [-0.39, 0.29) is 5.41 Å². The zero-order valence-electron chi connectivity index (χ0n) is 10.7. The molecule has 0 bridgehead atoms. The summed E-state index contributed by atoms with van der Waals surface area (Å²) >= 11 is 0. The van der Waals surface area contributed by atoms with Crippen molar-refractivity contribution < 1.29 is 0 Å². The third-order valence-corrected chi connectivity index (χ3v) is 3.33. The van der Waals surface area contributed by atoms with Crippen LogP contribution in [0.15, 0.2) is 4.99 Å². The van der Waals surface area contributed by atoms with Gasteiger partial charge in [0.05, 0.1) is 5.84 Å². The lowest BCUT2D eigenvalue weighted by Crippen LogP contribution is -2.30. The van der Waals surface area contributed by atoms with Gasteiger partial charge in [0, 0.05) is 12.0 Å². The SMILES string of the molecule is CC1CCCC(CN=C(N)C(C)(C)C)C1. The number of nitrogens with two attached hydrogens (primary N) is 1. The van der Waals surface area contributed by atoms with Crippen LogP contribution in [0, 0.1) is 17.3 Å². The Hall–Kier alpha value is -0.530. The number of nitrogens with zero attached hydrogens (tertiary/aromatic N) is 1. The molecular formula is C13H26N2. The van der Waals surface area contributed by atoms with Crippen LogP contribution in [0.4, 0.5) is 0 Å². The maximum Gasteiger partial charge on any atom is 0.0991 e. The van der Waals surface area contributed by atoms with Crippen molar-refractivity contribution in [3.05, 3.63) is 0 Å². The van der Waals surface area contributed by atoms with Crippen LogP contribution in [0.3, 0.4) is 0 Å². The summed E-state index contributed by atoms with van der Waals surface area (Å²) in [5.74, 6) is 2.46. The fourth-order valence-corrected chi connectivity index (χ4v) is 2.19. The molecule has 0 heterocycles. The van der Waals surface area contributed by atoms with Crippen molar-refractivity contribution in [2.24, 2.45) is 28.0 Å². The second-order valence-corrected chi connectivity index (χ2v) is 6.11. The molecule has 2 unspecified atom stereocenters. The van der Waals surface area contributed by atoms with Gasteiger partial charge in [0.1, 0.15) is 0 Å². The molecule has 2 atom stereocenters. The Balaban J connectivity index is 2.42. The van der Waals surface area contributed by atoms with E-state index in [0.29, 0.717) is 0 Å². The summed E-state index contributed by atoms with van der Waals surface area (Å²) in [6.45, 7) is 9.65.